The quantitative estimate of drug-likeness (QED) is 0.468. The van der Waals surface area contributed by atoms with Crippen LogP contribution >= 0.6 is 11.6 Å². The van der Waals surface area contributed by atoms with Crippen LogP contribution in [-0.2, 0) is 6.61 Å². The predicted molar refractivity (Wildman–Crippen MR) is 130 cm³/mol. The maximum atomic E-state index is 12.7. The second-order valence-corrected chi connectivity index (χ2v) is 8.32. The van der Waals surface area contributed by atoms with Crippen LogP contribution in [0.4, 0.5) is 5.69 Å². The molecule has 3 aromatic rings. The molecule has 166 valence electrons. The van der Waals surface area contributed by atoms with Crippen molar-refractivity contribution in [3.63, 3.8) is 0 Å². The van der Waals surface area contributed by atoms with Crippen molar-refractivity contribution in [1.82, 2.24) is 9.47 Å². The van der Waals surface area contributed by atoms with E-state index in [1.54, 1.807) is 16.8 Å². The van der Waals surface area contributed by atoms with Crippen molar-refractivity contribution in [3.8, 4) is 11.4 Å². The monoisotopic (exact) mass is 450 g/mol. The van der Waals surface area contributed by atoms with Gasteiger partial charge in [0.1, 0.15) is 12.4 Å². The number of nitrogens with one attached hydrogen (secondary N) is 2. The number of ether oxygens (including phenoxy) is 1. The van der Waals surface area contributed by atoms with Gasteiger partial charge in [0.05, 0.1) is 0 Å². The summed E-state index contributed by atoms with van der Waals surface area (Å²) in [5.74, 6) is 0.499. The van der Waals surface area contributed by atoms with Crippen LogP contribution in [0.15, 0.2) is 65.6 Å². The zero-order chi connectivity index (χ0) is 22.3. The first-order valence-electron chi connectivity index (χ1n) is 10.8. The lowest BCUT2D eigenvalue weighted by atomic mass is 10.1. The molecule has 0 radical (unpaired) electrons. The molecule has 0 amide bonds. The van der Waals surface area contributed by atoms with E-state index in [9.17, 15) is 4.79 Å². The summed E-state index contributed by atoms with van der Waals surface area (Å²) in [7, 11) is 0. The first kappa shape index (κ1) is 22.1. The van der Waals surface area contributed by atoms with Gasteiger partial charge in [0.25, 0.3) is 5.56 Å². The number of hydrogen-bond acceptors (Lipinski definition) is 5. The highest BCUT2D eigenvalue weighted by atomic mass is 35.5. The minimum Gasteiger partial charge on any atom is -0.489 e. The lowest BCUT2D eigenvalue weighted by Gasteiger charge is -2.17. The summed E-state index contributed by atoms with van der Waals surface area (Å²) in [5, 5.41) is 11.9. The minimum absolute atomic E-state index is 0.195. The fourth-order valence-electron chi connectivity index (χ4n) is 3.89. The van der Waals surface area contributed by atoms with Crippen LogP contribution in [-0.4, -0.2) is 41.9 Å². The van der Waals surface area contributed by atoms with Gasteiger partial charge in [0.2, 0.25) is 0 Å². The van der Waals surface area contributed by atoms with E-state index >= 15 is 0 Å². The Labute approximate surface area is 192 Å². The number of halogens is 1. The molecule has 0 bridgehead atoms. The Hall–Kier alpha value is -3.09. The van der Waals surface area contributed by atoms with Crippen molar-refractivity contribution in [2.75, 3.05) is 31.5 Å². The van der Waals surface area contributed by atoms with E-state index in [1.807, 2.05) is 42.5 Å². The predicted octanol–water partition coefficient (Wildman–Crippen LogP) is 4.58. The Bertz CT molecular complexity index is 1140. The van der Waals surface area contributed by atoms with Crippen LogP contribution in [0.25, 0.3) is 5.69 Å². The normalized spacial score (nSPS) is 13.8. The third kappa shape index (κ3) is 5.58. The van der Waals surface area contributed by atoms with E-state index in [-0.39, 0.29) is 5.56 Å². The number of hydrogen-bond donors (Lipinski definition) is 2. The Kier molecular flexibility index (Phi) is 7.24. The third-order valence-electron chi connectivity index (χ3n) is 5.60. The molecule has 1 fully saturated rings. The summed E-state index contributed by atoms with van der Waals surface area (Å²) in [4.78, 5) is 15.1. The minimum atomic E-state index is -0.195. The average Bonchev–Trinajstić information content (AvgIpc) is 3.32. The molecule has 1 aliphatic rings. The summed E-state index contributed by atoms with van der Waals surface area (Å²) in [5.41, 5.74) is 3.10. The fraction of sp³-hybridized carbons (Fsp3) is 0.280. The SMILES string of the molecule is N=Cc1cc(-n2ccc(OCc3cccc(Cl)c3)cc2=O)ccc1NCCN1CCCC1. The molecule has 2 heterocycles. The molecule has 1 saturated heterocycles. The van der Waals surface area contributed by atoms with Gasteiger partial charge in [-0.15, -0.1) is 0 Å². The first-order valence-corrected chi connectivity index (χ1v) is 11.2. The number of aromatic nitrogens is 1. The molecule has 0 aliphatic carbocycles. The van der Waals surface area contributed by atoms with E-state index in [2.05, 4.69) is 10.2 Å². The van der Waals surface area contributed by atoms with E-state index in [4.69, 9.17) is 21.7 Å². The zero-order valence-electron chi connectivity index (χ0n) is 17.9. The second kappa shape index (κ2) is 10.5. The molecule has 0 unspecified atom stereocenters. The molecule has 2 aromatic carbocycles. The molecule has 0 atom stereocenters. The van der Waals surface area contributed by atoms with Crippen LogP contribution < -0.4 is 15.6 Å². The fourth-order valence-corrected chi connectivity index (χ4v) is 4.11. The van der Waals surface area contributed by atoms with Crippen molar-refractivity contribution >= 4 is 23.5 Å². The summed E-state index contributed by atoms with van der Waals surface area (Å²) in [6.07, 6.45) is 5.56. The molecular weight excluding hydrogens is 424 g/mol. The zero-order valence-corrected chi connectivity index (χ0v) is 18.6. The van der Waals surface area contributed by atoms with Crippen LogP contribution in [0.5, 0.6) is 5.75 Å². The summed E-state index contributed by atoms with van der Waals surface area (Å²) >= 11 is 6.00. The van der Waals surface area contributed by atoms with Crippen LogP contribution in [0.1, 0.15) is 24.0 Å². The number of benzene rings is 2. The van der Waals surface area contributed by atoms with Crippen LogP contribution in [0, 0.1) is 5.41 Å². The molecule has 0 spiro atoms. The van der Waals surface area contributed by atoms with Gasteiger partial charge in [0.15, 0.2) is 0 Å². The maximum Gasteiger partial charge on any atom is 0.258 e. The van der Waals surface area contributed by atoms with Crippen LogP contribution in [0.3, 0.4) is 0 Å². The third-order valence-corrected chi connectivity index (χ3v) is 5.83. The van der Waals surface area contributed by atoms with Crippen LogP contribution in [0.2, 0.25) is 5.02 Å². The van der Waals surface area contributed by atoms with E-state index in [0.717, 1.165) is 29.9 Å². The van der Waals surface area contributed by atoms with Crippen molar-refractivity contribution in [3.05, 3.63) is 87.3 Å². The Morgan fingerprint density at radius 3 is 2.69 bits per heavy atom. The van der Waals surface area contributed by atoms with E-state index in [1.165, 1.54) is 38.2 Å². The molecule has 2 N–H and O–H groups in total. The van der Waals surface area contributed by atoms with Crippen molar-refractivity contribution in [2.45, 2.75) is 19.4 Å². The van der Waals surface area contributed by atoms with Gasteiger partial charge in [-0.1, -0.05) is 23.7 Å². The maximum absolute atomic E-state index is 12.7. The lowest BCUT2D eigenvalue weighted by Crippen LogP contribution is -2.26. The van der Waals surface area contributed by atoms with Gasteiger partial charge in [0, 0.05) is 53.5 Å². The van der Waals surface area contributed by atoms with Crippen molar-refractivity contribution < 1.29 is 4.74 Å². The number of likely N-dealkylation sites (tertiary alicyclic amines) is 1. The summed E-state index contributed by atoms with van der Waals surface area (Å²) in [6, 6.07) is 16.3. The number of pyridine rings is 1. The molecule has 0 saturated carbocycles. The highest BCUT2D eigenvalue weighted by Crippen LogP contribution is 2.19. The molecule has 6 nitrogen and oxygen atoms in total. The molecule has 1 aliphatic heterocycles. The topological polar surface area (TPSA) is 70.3 Å². The molecule has 32 heavy (non-hydrogen) atoms. The smallest absolute Gasteiger partial charge is 0.258 e. The van der Waals surface area contributed by atoms with Gasteiger partial charge >= 0.3 is 0 Å². The van der Waals surface area contributed by atoms with Gasteiger partial charge < -0.3 is 20.4 Å². The van der Waals surface area contributed by atoms with Gasteiger partial charge in [-0.3, -0.25) is 9.36 Å². The average molecular weight is 451 g/mol. The lowest BCUT2D eigenvalue weighted by molar-refractivity contribution is 0.305. The van der Waals surface area contributed by atoms with Gasteiger partial charge in [-0.05, 0) is 67.9 Å². The van der Waals surface area contributed by atoms with E-state index in [0.29, 0.717) is 23.1 Å². The van der Waals surface area contributed by atoms with Gasteiger partial charge in [-0.25, -0.2) is 0 Å². The van der Waals surface area contributed by atoms with Gasteiger partial charge in [-0.2, -0.15) is 0 Å². The summed E-state index contributed by atoms with van der Waals surface area (Å²) < 4.78 is 7.30. The first-order chi connectivity index (χ1) is 15.6. The molecular formula is C25H27ClN4O2. The molecule has 7 heteroatoms. The number of anilines is 1. The largest absolute Gasteiger partial charge is 0.489 e. The number of rotatable bonds is 9. The Morgan fingerprint density at radius 1 is 1.09 bits per heavy atom. The Balaban J connectivity index is 1.43. The second-order valence-electron chi connectivity index (χ2n) is 7.88. The standard InChI is InChI=1S/C25H27ClN4O2/c26-21-5-3-4-19(14-21)18-32-23-8-12-30(25(31)16-23)22-6-7-24(20(15-22)17-27)28-9-13-29-10-1-2-11-29/h3-8,12,14-17,27-28H,1-2,9-11,13,18H2. The number of nitrogens with zero attached hydrogens (tertiary/aromatic N) is 2. The highest BCUT2D eigenvalue weighted by Gasteiger charge is 2.11. The molecule has 1 aromatic heterocycles. The Morgan fingerprint density at radius 2 is 1.94 bits per heavy atom. The highest BCUT2D eigenvalue weighted by molar-refractivity contribution is 6.30. The van der Waals surface area contributed by atoms with Crippen molar-refractivity contribution in [1.29, 1.82) is 5.41 Å². The van der Waals surface area contributed by atoms with E-state index < -0.39 is 0 Å². The molecule has 4 rings (SSSR count). The summed E-state index contributed by atoms with van der Waals surface area (Å²) in [6.45, 7) is 4.49. The van der Waals surface area contributed by atoms with Crippen molar-refractivity contribution in [2.24, 2.45) is 0 Å².